The Labute approximate surface area is 355 Å². The highest BCUT2D eigenvalue weighted by Crippen LogP contribution is 2.67. The minimum Gasteiger partial charge on any atom is -0.449 e. The van der Waals surface area contributed by atoms with Gasteiger partial charge in [0.2, 0.25) is 0 Å². The van der Waals surface area contributed by atoms with Crippen LogP contribution in [0.3, 0.4) is 0 Å². The lowest BCUT2D eigenvalue weighted by Crippen LogP contribution is -2.25. The minimum absolute atomic E-state index is 0.118. The summed E-state index contributed by atoms with van der Waals surface area (Å²) in [5.41, 5.74) is 19.9. The topological polar surface area (TPSA) is 21.7 Å². The first-order valence-corrected chi connectivity index (χ1v) is 21.2. The Morgan fingerprint density at radius 2 is 0.902 bits per heavy atom. The molecular formula is C58H39NO2. The number of nitrogens with zero attached hydrogens (tertiary/aromatic N) is 1. The van der Waals surface area contributed by atoms with E-state index in [2.05, 4.69) is 213 Å². The van der Waals surface area contributed by atoms with E-state index in [4.69, 9.17) is 9.47 Å². The van der Waals surface area contributed by atoms with Gasteiger partial charge in [0.1, 0.15) is 0 Å². The fourth-order valence-corrected chi connectivity index (χ4v) is 11.2. The molecule has 61 heavy (non-hydrogen) atoms. The van der Waals surface area contributed by atoms with Gasteiger partial charge in [-0.05, 0) is 109 Å². The summed E-state index contributed by atoms with van der Waals surface area (Å²) >= 11 is 0. The molecule has 0 saturated heterocycles. The Balaban J connectivity index is 0.998. The largest absolute Gasteiger partial charge is 0.449 e. The smallest absolute Gasteiger partial charge is 0.194 e. The summed E-state index contributed by atoms with van der Waals surface area (Å²) in [6, 6.07) is 72.5. The van der Waals surface area contributed by atoms with Crippen molar-refractivity contribution in [1.29, 1.82) is 0 Å². The molecule has 0 radical (unpaired) electrons. The van der Waals surface area contributed by atoms with Crippen molar-refractivity contribution in [2.45, 2.75) is 24.7 Å². The molecule has 3 nitrogen and oxygen atoms in total. The molecule has 0 atom stereocenters. The van der Waals surface area contributed by atoms with Crippen LogP contribution in [0.4, 0.5) is 17.1 Å². The van der Waals surface area contributed by atoms with E-state index in [9.17, 15) is 0 Å². The van der Waals surface area contributed by atoms with Crippen LogP contribution in [-0.4, -0.2) is 0 Å². The van der Waals surface area contributed by atoms with E-state index in [0.717, 1.165) is 39.5 Å². The van der Waals surface area contributed by atoms with Crippen LogP contribution < -0.4 is 14.4 Å². The normalized spacial score (nSPS) is 14.6. The SMILES string of the molecule is CC1(C)c2ccccc2-c2ccc(-c3ccccc3N(c3ccccc3)c3cccc4c3Oc3c(ccc5c3-c3ccccc3C53c5ccccc5-c5ccccc53)O4)cc21. The highest BCUT2D eigenvalue weighted by atomic mass is 16.6. The first-order valence-electron chi connectivity index (χ1n) is 21.2. The maximum Gasteiger partial charge on any atom is 0.194 e. The molecular weight excluding hydrogens is 743 g/mol. The van der Waals surface area contributed by atoms with E-state index < -0.39 is 5.41 Å². The molecule has 9 aromatic rings. The van der Waals surface area contributed by atoms with Crippen LogP contribution in [-0.2, 0) is 10.8 Å². The molecule has 1 aliphatic heterocycles. The van der Waals surface area contributed by atoms with E-state index in [1.807, 2.05) is 6.07 Å². The monoisotopic (exact) mass is 781 g/mol. The zero-order valence-electron chi connectivity index (χ0n) is 33.8. The number of para-hydroxylation sites is 3. The van der Waals surface area contributed by atoms with Crippen molar-refractivity contribution < 1.29 is 9.47 Å². The lowest BCUT2D eigenvalue weighted by Gasteiger charge is -2.33. The summed E-state index contributed by atoms with van der Waals surface area (Å²) in [5.74, 6) is 2.81. The van der Waals surface area contributed by atoms with Crippen LogP contribution >= 0.6 is 0 Å². The summed E-state index contributed by atoms with van der Waals surface area (Å²) in [4.78, 5) is 2.33. The summed E-state index contributed by atoms with van der Waals surface area (Å²) in [6.07, 6.45) is 0. The molecule has 0 fully saturated rings. The van der Waals surface area contributed by atoms with Crippen molar-refractivity contribution in [2.24, 2.45) is 0 Å². The van der Waals surface area contributed by atoms with Gasteiger partial charge < -0.3 is 14.4 Å². The van der Waals surface area contributed by atoms with E-state index in [1.54, 1.807) is 0 Å². The predicted molar refractivity (Wildman–Crippen MR) is 247 cm³/mol. The minimum atomic E-state index is -0.488. The van der Waals surface area contributed by atoms with Crippen molar-refractivity contribution in [1.82, 2.24) is 0 Å². The number of hydrogen-bond acceptors (Lipinski definition) is 3. The maximum absolute atomic E-state index is 7.41. The van der Waals surface area contributed by atoms with Crippen molar-refractivity contribution in [2.75, 3.05) is 4.90 Å². The van der Waals surface area contributed by atoms with Gasteiger partial charge in [0.05, 0.1) is 16.8 Å². The molecule has 13 rings (SSSR count). The van der Waals surface area contributed by atoms with Crippen LogP contribution in [0.15, 0.2) is 200 Å². The number of anilines is 3. The van der Waals surface area contributed by atoms with Crippen molar-refractivity contribution in [3.8, 4) is 67.5 Å². The molecule has 3 aliphatic carbocycles. The highest BCUT2D eigenvalue weighted by Gasteiger charge is 2.53. The third-order valence-corrected chi connectivity index (χ3v) is 13.8. The van der Waals surface area contributed by atoms with Gasteiger partial charge in [-0.25, -0.2) is 0 Å². The summed E-state index contributed by atoms with van der Waals surface area (Å²) in [7, 11) is 0. The van der Waals surface area contributed by atoms with Gasteiger partial charge in [0.15, 0.2) is 23.0 Å². The molecule has 9 aromatic carbocycles. The Hall–Kier alpha value is -7.62. The second kappa shape index (κ2) is 12.5. The lowest BCUT2D eigenvalue weighted by atomic mass is 9.70. The molecule has 0 unspecified atom stereocenters. The van der Waals surface area contributed by atoms with Crippen LogP contribution in [0.1, 0.15) is 47.2 Å². The van der Waals surface area contributed by atoms with Gasteiger partial charge in [0.25, 0.3) is 0 Å². The number of hydrogen-bond donors (Lipinski definition) is 0. The first-order chi connectivity index (χ1) is 30.0. The number of fused-ring (bicyclic) bond motifs is 16. The van der Waals surface area contributed by atoms with Crippen molar-refractivity contribution >= 4 is 17.1 Å². The summed E-state index contributed by atoms with van der Waals surface area (Å²) in [5, 5.41) is 0. The Bertz CT molecular complexity index is 3260. The number of benzene rings is 9. The first kappa shape index (κ1) is 34.3. The van der Waals surface area contributed by atoms with Crippen LogP contribution in [0, 0.1) is 0 Å². The summed E-state index contributed by atoms with van der Waals surface area (Å²) < 4.78 is 14.4. The average Bonchev–Trinajstić information content (AvgIpc) is 3.88. The Morgan fingerprint density at radius 3 is 1.62 bits per heavy atom. The molecule has 0 N–H and O–H groups in total. The summed E-state index contributed by atoms with van der Waals surface area (Å²) in [6.45, 7) is 4.69. The van der Waals surface area contributed by atoms with Crippen molar-refractivity contribution in [3.05, 3.63) is 234 Å². The Kier molecular flexibility index (Phi) is 6.99. The van der Waals surface area contributed by atoms with E-state index >= 15 is 0 Å². The van der Waals surface area contributed by atoms with Crippen LogP contribution in [0.5, 0.6) is 23.0 Å². The highest BCUT2D eigenvalue weighted by molar-refractivity contribution is 5.99. The molecule has 4 aliphatic rings. The molecule has 0 bridgehead atoms. The molecule has 288 valence electrons. The fraction of sp³-hybridized carbons (Fsp3) is 0.0690. The molecule has 0 amide bonds. The molecule has 0 aromatic heterocycles. The third kappa shape index (κ3) is 4.53. The molecule has 3 heteroatoms. The second-order valence-corrected chi connectivity index (χ2v) is 17.1. The van der Waals surface area contributed by atoms with Gasteiger partial charge >= 0.3 is 0 Å². The second-order valence-electron chi connectivity index (χ2n) is 17.1. The quantitative estimate of drug-likeness (QED) is 0.177. The molecule has 1 spiro atoms. The van der Waals surface area contributed by atoms with Gasteiger partial charge in [-0.15, -0.1) is 0 Å². The molecule has 0 saturated carbocycles. The predicted octanol–water partition coefficient (Wildman–Crippen LogP) is 15.4. The molecule has 1 heterocycles. The van der Waals surface area contributed by atoms with Crippen LogP contribution in [0.25, 0.3) is 44.5 Å². The van der Waals surface area contributed by atoms with E-state index in [0.29, 0.717) is 17.2 Å². The third-order valence-electron chi connectivity index (χ3n) is 13.8. The zero-order valence-corrected chi connectivity index (χ0v) is 33.8. The maximum atomic E-state index is 7.41. The average molecular weight is 782 g/mol. The van der Waals surface area contributed by atoms with Gasteiger partial charge in [-0.2, -0.15) is 0 Å². The Morgan fingerprint density at radius 1 is 0.361 bits per heavy atom. The standard InChI is InChI=1S/C58H39NO2/c1-57(2)44-24-11-6-20-39(44)42-32-31-36(35-49(42)57)38-19-10-15-28-50(38)59(37-17-4-3-5-18-37)51-29-16-30-52-55(51)61-56-53(60-52)34-33-48-54(56)43-23-9-14-27-47(43)58(48)45-25-12-7-21-40(45)41-22-8-13-26-46(41)58/h3-35H,1-2H3. The van der Waals surface area contributed by atoms with Gasteiger partial charge in [0, 0.05) is 22.2 Å². The van der Waals surface area contributed by atoms with Gasteiger partial charge in [-0.3, -0.25) is 0 Å². The van der Waals surface area contributed by atoms with Crippen molar-refractivity contribution in [3.63, 3.8) is 0 Å². The number of ether oxygens (including phenoxy) is 2. The van der Waals surface area contributed by atoms with Crippen LogP contribution in [0.2, 0.25) is 0 Å². The van der Waals surface area contributed by atoms with E-state index in [1.165, 1.54) is 61.2 Å². The van der Waals surface area contributed by atoms with E-state index in [-0.39, 0.29) is 5.41 Å². The fourth-order valence-electron chi connectivity index (χ4n) is 11.2. The zero-order chi connectivity index (χ0) is 40.5. The lowest BCUT2D eigenvalue weighted by molar-refractivity contribution is 0.361. The number of rotatable bonds is 4. The van der Waals surface area contributed by atoms with Gasteiger partial charge in [-0.1, -0.05) is 172 Å².